The Morgan fingerprint density at radius 3 is 2.77 bits per heavy atom. The van der Waals surface area contributed by atoms with Crippen molar-refractivity contribution in [2.45, 2.75) is 25.4 Å². The Bertz CT molecular complexity index is 1280. The summed E-state index contributed by atoms with van der Waals surface area (Å²) in [5.74, 6) is -0.0972. The first-order valence-corrected chi connectivity index (χ1v) is 10.7. The predicted molar refractivity (Wildman–Crippen MR) is 123 cm³/mol. The third-order valence-electron chi connectivity index (χ3n) is 5.38. The molecule has 0 bridgehead atoms. The maximum Gasteiger partial charge on any atom is 0.262 e. The molecular weight excluding hydrogens is 441 g/mol. The Morgan fingerprint density at radius 2 is 2.03 bits per heavy atom. The summed E-state index contributed by atoms with van der Waals surface area (Å²) in [5.41, 5.74) is 1.80. The molecule has 5 nitrogen and oxygen atoms in total. The minimum Gasteiger partial charge on any atom is -0.332 e. The lowest BCUT2D eigenvalue weighted by Gasteiger charge is -2.25. The SMILES string of the molecule is C=CCn1c(=S)[nH]c2cc(C(=O)N3CCCC3c3ccc(Cl)c(Cl)c3)ccc2c1=O. The summed E-state index contributed by atoms with van der Waals surface area (Å²) in [5, 5.41) is 1.44. The Hall–Kier alpha value is -2.41. The van der Waals surface area contributed by atoms with Gasteiger partial charge in [0.15, 0.2) is 4.77 Å². The molecule has 3 aromatic rings. The van der Waals surface area contributed by atoms with Gasteiger partial charge in [-0.05, 0) is 61.0 Å². The van der Waals surface area contributed by atoms with E-state index in [0.29, 0.717) is 44.4 Å². The lowest BCUT2D eigenvalue weighted by molar-refractivity contribution is 0.0736. The number of nitrogens with zero attached hydrogens (tertiary/aromatic N) is 2. The maximum absolute atomic E-state index is 13.3. The number of benzene rings is 2. The highest BCUT2D eigenvalue weighted by molar-refractivity contribution is 7.71. The van der Waals surface area contributed by atoms with Gasteiger partial charge < -0.3 is 9.88 Å². The highest BCUT2D eigenvalue weighted by Crippen LogP contribution is 2.36. The van der Waals surface area contributed by atoms with Gasteiger partial charge in [-0.15, -0.1) is 6.58 Å². The largest absolute Gasteiger partial charge is 0.332 e. The highest BCUT2D eigenvalue weighted by atomic mass is 35.5. The van der Waals surface area contributed by atoms with Crippen molar-refractivity contribution >= 4 is 52.2 Å². The second kappa shape index (κ2) is 8.38. The number of amides is 1. The molecule has 1 fully saturated rings. The quantitative estimate of drug-likeness (QED) is 0.412. The van der Waals surface area contributed by atoms with E-state index >= 15 is 0 Å². The predicted octanol–water partition coefficient (Wildman–Crippen LogP) is 5.53. The van der Waals surface area contributed by atoms with E-state index in [4.69, 9.17) is 35.4 Å². The molecule has 0 radical (unpaired) electrons. The van der Waals surface area contributed by atoms with Crippen LogP contribution in [0.15, 0.2) is 53.8 Å². The summed E-state index contributed by atoms with van der Waals surface area (Å²) in [6, 6.07) is 10.5. The van der Waals surface area contributed by atoms with Crippen LogP contribution in [0.1, 0.15) is 34.8 Å². The summed E-state index contributed by atoms with van der Waals surface area (Å²) < 4.78 is 1.74. The van der Waals surface area contributed by atoms with Crippen molar-refractivity contribution in [3.8, 4) is 0 Å². The fourth-order valence-corrected chi connectivity index (χ4v) is 4.50. The molecule has 2 heterocycles. The number of rotatable bonds is 4. The minimum atomic E-state index is -0.206. The van der Waals surface area contributed by atoms with Gasteiger partial charge in [-0.25, -0.2) is 0 Å². The molecule has 8 heteroatoms. The van der Waals surface area contributed by atoms with Crippen LogP contribution in [0.25, 0.3) is 10.9 Å². The van der Waals surface area contributed by atoms with Gasteiger partial charge in [0.2, 0.25) is 0 Å². The van der Waals surface area contributed by atoms with Crippen molar-refractivity contribution in [1.29, 1.82) is 0 Å². The van der Waals surface area contributed by atoms with Gasteiger partial charge in [-0.3, -0.25) is 14.2 Å². The van der Waals surface area contributed by atoms with Crippen molar-refractivity contribution in [1.82, 2.24) is 14.5 Å². The second-order valence-corrected chi connectivity index (χ2v) is 8.43. The topological polar surface area (TPSA) is 58.1 Å². The normalized spacial score (nSPS) is 16.2. The lowest BCUT2D eigenvalue weighted by Crippen LogP contribution is -2.30. The van der Waals surface area contributed by atoms with Crippen LogP contribution >= 0.6 is 35.4 Å². The van der Waals surface area contributed by atoms with E-state index in [-0.39, 0.29) is 17.5 Å². The molecule has 0 spiro atoms. The monoisotopic (exact) mass is 459 g/mol. The molecule has 1 aliphatic rings. The number of hydrogen-bond acceptors (Lipinski definition) is 3. The summed E-state index contributed by atoms with van der Waals surface area (Å²) in [6.45, 7) is 4.63. The third-order valence-corrected chi connectivity index (χ3v) is 6.44. The summed E-state index contributed by atoms with van der Waals surface area (Å²) in [4.78, 5) is 30.9. The van der Waals surface area contributed by atoms with Gasteiger partial charge in [0.25, 0.3) is 11.5 Å². The second-order valence-electron chi connectivity index (χ2n) is 7.23. The molecule has 1 aliphatic heterocycles. The lowest BCUT2D eigenvalue weighted by atomic mass is 10.0. The molecule has 1 saturated heterocycles. The highest BCUT2D eigenvalue weighted by Gasteiger charge is 2.31. The summed E-state index contributed by atoms with van der Waals surface area (Å²) in [7, 11) is 0. The Labute approximate surface area is 188 Å². The number of nitrogens with one attached hydrogen (secondary N) is 1. The summed E-state index contributed by atoms with van der Waals surface area (Å²) >= 11 is 17.5. The third kappa shape index (κ3) is 3.71. The van der Waals surface area contributed by atoms with Crippen LogP contribution in [-0.2, 0) is 6.54 Å². The van der Waals surface area contributed by atoms with Gasteiger partial charge in [0.1, 0.15) is 0 Å². The van der Waals surface area contributed by atoms with Crippen molar-refractivity contribution < 1.29 is 4.79 Å². The van der Waals surface area contributed by atoms with E-state index in [2.05, 4.69) is 11.6 Å². The first-order valence-electron chi connectivity index (χ1n) is 9.54. The van der Waals surface area contributed by atoms with Crippen molar-refractivity contribution in [3.05, 3.63) is 85.4 Å². The molecule has 0 saturated carbocycles. The van der Waals surface area contributed by atoms with Gasteiger partial charge >= 0.3 is 0 Å². The molecular formula is C22H19Cl2N3O2S. The average Bonchev–Trinajstić information content (AvgIpc) is 3.22. The van der Waals surface area contributed by atoms with E-state index < -0.39 is 0 Å². The molecule has 4 rings (SSSR count). The van der Waals surface area contributed by atoms with Crippen LogP contribution in [0.4, 0.5) is 0 Å². The van der Waals surface area contributed by atoms with Crippen molar-refractivity contribution in [3.63, 3.8) is 0 Å². The number of allylic oxidation sites excluding steroid dienone is 1. The van der Waals surface area contributed by atoms with E-state index in [1.807, 2.05) is 17.0 Å². The number of aromatic nitrogens is 2. The zero-order chi connectivity index (χ0) is 21.4. The Kier molecular flexibility index (Phi) is 5.82. The Balaban J connectivity index is 1.70. The van der Waals surface area contributed by atoms with Gasteiger partial charge in [0, 0.05) is 18.7 Å². The molecule has 30 heavy (non-hydrogen) atoms. The van der Waals surface area contributed by atoms with Gasteiger partial charge in [0.05, 0.1) is 27.0 Å². The molecule has 1 unspecified atom stereocenters. The van der Waals surface area contributed by atoms with Gasteiger partial charge in [-0.2, -0.15) is 0 Å². The van der Waals surface area contributed by atoms with Crippen LogP contribution in [-0.4, -0.2) is 26.9 Å². The zero-order valence-electron chi connectivity index (χ0n) is 16.0. The average molecular weight is 460 g/mol. The maximum atomic E-state index is 13.3. The minimum absolute atomic E-state index is 0.0675. The van der Waals surface area contributed by atoms with Crippen molar-refractivity contribution in [2.24, 2.45) is 0 Å². The molecule has 1 N–H and O–H groups in total. The fraction of sp³-hybridized carbons (Fsp3) is 0.227. The number of fused-ring (bicyclic) bond motifs is 1. The zero-order valence-corrected chi connectivity index (χ0v) is 18.4. The smallest absolute Gasteiger partial charge is 0.262 e. The van der Waals surface area contributed by atoms with E-state index in [9.17, 15) is 9.59 Å². The van der Waals surface area contributed by atoms with Crippen LogP contribution in [0, 0.1) is 4.77 Å². The van der Waals surface area contributed by atoms with Gasteiger partial charge in [-0.1, -0.05) is 35.3 Å². The number of aromatic amines is 1. The van der Waals surface area contributed by atoms with Crippen molar-refractivity contribution in [2.75, 3.05) is 6.54 Å². The molecule has 2 aromatic carbocycles. The number of carbonyl (C=O) groups is 1. The number of carbonyl (C=O) groups excluding carboxylic acids is 1. The van der Waals surface area contributed by atoms with Crippen LogP contribution in [0.2, 0.25) is 10.0 Å². The van der Waals surface area contributed by atoms with Crippen LogP contribution in [0.5, 0.6) is 0 Å². The Morgan fingerprint density at radius 1 is 1.23 bits per heavy atom. The van der Waals surface area contributed by atoms with E-state index in [1.165, 1.54) is 4.57 Å². The molecule has 0 aliphatic carbocycles. The first-order chi connectivity index (χ1) is 14.4. The molecule has 1 atom stereocenters. The van der Waals surface area contributed by atoms with E-state index in [0.717, 1.165) is 18.4 Å². The van der Waals surface area contributed by atoms with Crippen LogP contribution in [0.3, 0.4) is 0 Å². The number of hydrogen-bond donors (Lipinski definition) is 1. The van der Waals surface area contributed by atoms with E-state index in [1.54, 1.807) is 30.3 Å². The fourth-order valence-electron chi connectivity index (χ4n) is 3.92. The first kappa shape index (κ1) is 20.8. The number of likely N-dealkylation sites (tertiary alicyclic amines) is 1. The molecule has 1 amide bonds. The molecule has 1 aromatic heterocycles. The van der Waals surface area contributed by atoms with Crippen LogP contribution < -0.4 is 5.56 Å². The number of H-pyrrole nitrogens is 1. The molecule has 154 valence electrons. The standard InChI is InChI=1S/C22H19Cl2N3O2S/c1-2-9-27-21(29)15-7-5-14(12-18(15)25-22(27)30)20(28)26-10-3-4-19(26)13-6-8-16(23)17(24)11-13/h2,5-8,11-12,19H,1,3-4,9-10H2,(H,25,30). The number of halogens is 2. The summed E-state index contributed by atoms with van der Waals surface area (Å²) in [6.07, 6.45) is 3.37.